The average molecular weight is 358 g/mol. The number of carbonyl (C=O) groups excluding carboxylic acids is 1. The van der Waals surface area contributed by atoms with Crippen LogP contribution < -0.4 is 14.8 Å². The van der Waals surface area contributed by atoms with Crippen molar-refractivity contribution >= 4 is 22.4 Å². The van der Waals surface area contributed by atoms with Crippen LogP contribution in [0.1, 0.15) is 0 Å². The lowest BCUT2D eigenvalue weighted by molar-refractivity contribution is -0.118. The molecule has 128 valence electrons. The molecule has 1 amide bonds. The number of benzene rings is 2. The van der Waals surface area contributed by atoms with Crippen LogP contribution in [0, 0.1) is 5.82 Å². The Morgan fingerprint density at radius 1 is 1.16 bits per heavy atom. The maximum absolute atomic E-state index is 13.0. The molecule has 0 radical (unpaired) electrons. The summed E-state index contributed by atoms with van der Waals surface area (Å²) >= 11 is 1.29. The van der Waals surface area contributed by atoms with Crippen LogP contribution in [0.4, 0.5) is 9.52 Å². The van der Waals surface area contributed by atoms with Gasteiger partial charge in [0.25, 0.3) is 5.91 Å². The van der Waals surface area contributed by atoms with Crippen molar-refractivity contribution in [2.75, 3.05) is 19.0 Å². The van der Waals surface area contributed by atoms with Crippen molar-refractivity contribution in [3.05, 3.63) is 59.7 Å². The molecule has 1 N–H and O–H groups in total. The van der Waals surface area contributed by atoms with Gasteiger partial charge in [-0.25, -0.2) is 9.37 Å². The van der Waals surface area contributed by atoms with E-state index in [9.17, 15) is 9.18 Å². The quantitative estimate of drug-likeness (QED) is 0.724. The van der Waals surface area contributed by atoms with Crippen molar-refractivity contribution in [2.45, 2.75) is 0 Å². The second-order valence-electron chi connectivity index (χ2n) is 5.03. The number of hydrogen-bond donors (Lipinski definition) is 1. The molecule has 0 aliphatic heterocycles. The summed E-state index contributed by atoms with van der Waals surface area (Å²) in [6.07, 6.45) is 0. The van der Waals surface area contributed by atoms with E-state index in [0.29, 0.717) is 22.3 Å². The van der Waals surface area contributed by atoms with Crippen molar-refractivity contribution in [3.63, 3.8) is 0 Å². The molecule has 1 aromatic heterocycles. The van der Waals surface area contributed by atoms with Gasteiger partial charge in [-0.05, 0) is 36.4 Å². The van der Waals surface area contributed by atoms with Crippen LogP contribution in [0.5, 0.6) is 11.5 Å². The molecule has 2 aromatic carbocycles. The van der Waals surface area contributed by atoms with Crippen molar-refractivity contribution in [1.29, 1.82) is 0 Å². The van der Waals surface area contributed by atoms with Crippen LogP contribution in [0.2, 0.25) is 0 Å². The molecule has 0 spiro atoms. The first-order chi connectivity index (χ1) is 12.2. The fourth-order valence-corrected chi connectivity index (χ4v) is 2.86. The van der Waals surface area contributed by atoms with Gasteiger partial charge in [0.05, 0.1) is 12.8 Å². The Morgan fingerprint density at radius 3 is 2.60 bits per heavy atom. The van der Waals surface area contributed by atoms with Gasteiger partial charge >= 0.3 is 0 Å². The fraction of sp³-hybridized carbons (Fsp3) is 0.111. The smallest absolute Gasteiger partial charge is 0.264 e. The zero-order chi connectivity index (χ0) is 17.6. The van der Waals surface area contributed by atoms with E-state index in [-0.39, 0.29) is 18.3 Å². The second-order valence-corrected chi connectivity index (χ2v) is 5.89. The first-order valence-electron chi connectivity index (χ1n) is 7.43. The van der Waals surface area contributed by atoms with Crippen LogP contribution in [-0.2, 0) is 4.79 Å². The minimum absolute atomic E-state index is 0.161. The topological polar surface area (TPSA) is 60.5 Å². The number of aromatic nitrogens is 1. The Kier molecular flexibility index (Phi) is 5.25. The van der Waals surface area contributed by atoms with Crippen molar-refractivity contribution in [2.24, 2.45) is 0 Å². The molecule has 0 aliphatic rings. The van der Waals surface area contributed by atoms with Crippen molar-refractivity contribution < 1.29 is 18.7 Å². The number of halogens is 1. The highest BCUT2D eigenvalue weighted by Crippen LogP contribution is 2.26. The number of para-hydroxylation sites is 2. The average Bonchev–Trinajstić information content (AvgIpc) is 3.09. The number of methoxy groups -OCH3 is 1. The van der Waals surface area contributed by atoms with Gasteiger partial charge in [-0.3, -0.25) is 10.1 Å². The maximum atomic E-state index is 13.0. The normalized spacial score (nSPS) is 10.3. The van der Waals surface area contributed by atoms with Gasteiger partial charge < -0.3 is 9.47 Å². The Hall–Kier alpha value is -2.93. The van der Waals surface area contributed by atoms with E-state index in [0.717, 1.165) is 5.56 Å². The Labute approximate surface area is 148 Å². The van der Waals surface area contributed by atoms with E-state index < -0.39 is 0 Å². The highest BCUT2D eigenvalue weighted by atomic mass is 32.1. The van der Waals surface area contributed by atoms with Gasteiger partial charge in [0, 0.05) is 10.9 Å². The minimum atomic E-state index is -0.328. The number of amides is 1. The summed E-state index contributed by atoms with van der Waals surface area (Å²) in [5, 5.41) is 4.93. The van der Waals surface area contributed by atoms with Crippen molar-refractivity contribution in [1.82, 2.24) is 4.98 Å². The summed E-state index contributed by atoms with van der Waals surface area (Å²) in [6, 6.07) is 13.1. The van der Waals surface area contributed by atoms with Crippen LogP contribution in [0.25, 0.3) is 11.3 Å². The van der Waals surface area contributed by atoms with Crippen LogP contribution in [0.15, 0.2) is 53.9 Å². The third kappa shape index (κ3) is 4.33. The molecule has 0 fully saturated rings. The van der Waals surface area contributed by atoms with Gasteiger partial charge in [-0.2, -0.15) is 0 Å². The number of hydrogen-bond acceptors (Lipinski definition) is 5. The number of thiazole rings is 1. The van der Waals surface area contributed by atoms with Crippen molar-refractivity contribution in [3.8, 4) is 22.8 Å². The molecule has 5 nitrogen and oxygen atoms in total. The Bertz CT molecular complexity index is 865. The zero-order valence-electron chi connectivity index (χ0n) is 13.4. The van der Waals surface area contributed by atoms with E-state index >= 15 is 0 Å². The largest absolute Gasteiger partial charge is 0.493 e. The van der Waals surface area contributed by atoms with E-state index in [1.54, 1.807) is 35.7 Å². The molecule has 25 heavy (non-hydrogen) atoms. The highest BCUT2D eigenvalue weighted by molar-refractivity contribution is 7.14. The third-order valence-electron chi connectivity index (χ3n) is 3.32. The van der Waals surface area contributed by atoms with Gasteiger partial charge in [0.2, 0.25) is 0 Å². The number of nitrogens with one attached hydrogen (secondary N) is 1. The van der Waals surface area contributed by atoms with Gasteiger partial charge in [0.1, 0.15) is 5.82 Å². The van der Waals surface area contributed by atoms with E-state index in [1.165, 1.54) is 30.6 Å². The maximum Gasteiger partial charge on any atom is 0.264 e. The number of nitrogens with zero attached hydrogens (tertiary/aromatic N) is 1. The first kappa shape index (κ1) is 16.9. The number of ether oxygens (including phenoxy) is 2. The zero-order valence-corrected chi connectivity index (χ0v) is 14.2. The summed E-state index contributed by atoms with van der Waals surface area (Å²) < 4.78 is 23.6. The summed E-state index contributed by atoms with van der Waals surface area (Å²) in [5.41, 5.74) is 1.45. The fourth-order valence-electron chi connectivity index (χ4n) is 2.12. The van der Waals surface area contributed by atoms with Crippen LogP contribution in [0.3, 0.4) is 0 Å². The first-order valence-corrected chi connectivity index (χ1v) is 8.31. The molecule has 3 aromatic rings. The summed E-state index contributed by atoms with van der Waals surface area (Å²) in [4.78, 5) is 16.3. The Balaban J connectivity index is 1.59. The lowest BCUT2D eigenvalue weighted by Crippen LogP contribution is -2.20. The lowest BCUT2D eigenvalue weighted by Gasteiger charge is -2.09. The second kappa shape index (κ2) is 7.76. The van der Waals surface area contributed by atoms with Crippen LogP contribution in [-0.4, -0.2) is 24.6 Å². The number of carbonyl (C=O) groups is 1. The van der Waals surface area contributed by atoms with E-state index in [4.69, 9.17) is 9.47 Å². The summed E-state index contributed by atoms with van der Waals surface area (Å²) in [7, 11) is 1.54. The standard InChI is InChI=1S/C18H15FN2O3S/c1-23-15-4-2-3-5-16(15)24-10-17(22)21-18-20-14(11-25-18)12-6-8-13(19)9-7-12/h2-9,11H,10H2,1H3,(H,20,21,22). The molecule has 0 aliphatic carbocycles. The molecular formula is C18H15FN2O3S. The summed E-state index contributed by atoms with van der Waals surface area (Å²) in [5.74, 6) is 0.418. The predicted molar refractivity (Wildman–Crippen MR) is 94.6 cm³/mol. The molecular weight excluding hydrogens is 343 g/mol. The van der Waals surface area contributed by atoms with E-state index in [1.807, 2.05) is 6.07 Å². The molecule has 0 saturated heterocycles. The molecule has 0 unspecified atom stereocenters. The molecule has 7 heteroatoms. The predicted octanol–water partition coefficient (Wildman–Crippen LogP) is 3.98. The van der Waals surface area contributed by atoms with Gasteiger partial charge in [0.15, 0.2) is 23.2 Å². The molecule has 0 bridgehead atoms. The molecule has 0 saturated carbocycles. The number of rotatable bonds is 6. The van der Waals surface area contributed by atoms with Gasteiger partial charge in [-0.1, -0.05) is 12.1 Å². The van der Waals surface area contributed by atoms with Crippen LogP contribution >= 0.6 is 11.3 Å². The molecule has 0 atom stereocenters. The Morgan fingerprint density at radius 2 is 1.88 bits per heavy atom. The monoisotopic (exact) mass is 358 g/mol. The van der Waals surface area contributed by atoms with Gasteiger partial charge in [-0.15, -0.1) is 11.3 Å². The molecule has 3 rings (SSSR count). The SMILES string of the molecule is COc1ccccc1OCC(=O)Nc1nc(-c2ccc(F)cc2)cs1. The number of anilines is 1. The third-order valence-corrected chi connectivity index (χ3v) is 4.08. The summed E-state index contributed by atoms with van der Waals surface area (Å²) in [6.45, 7) is -0.161. The molecule has 1 heterocycles. The van der Waals surface area contributed by atoms with E-state index in [2.05, 4.69) is 10.3 Å². The lowest BCUT2D eigenvalue weighted by atomic mass is 10.2. The highest BCUT2D eigenvalue weighted by Gasteiger charge is 2.10. The minimum Gasteiger partial charge on any atom is -0.493 e.